The van der Waals surface area contributed by atoms with E-state index < -0.39 is 0 Å². The SMILES string of the molecule is COc1cccc(C(=O)CCCl)c1I. The Labute approximate surface area is 102 Å². The van der Waals surface area contributed by atoms with Crippen LogP contribution in [0.3, 0.4) is 0 Å². The van der Waals surface area contributed by atoms with Crippen LogP contribution in [-0.4, -0.2) is 18.8 Å². The van der Waals surface area contributed by atoms with Gasteiger partial charge in [0.1, 0.15) is 5.75 Å². The third-order valence-electron chi connectivity index (χ3n) is 1.81. The number of hydrogen-bond donors (Lipinski definition) is 0. The maximum atomic E-state index is 11.6. The Hall–Kier alpha value is -0.290. The Morgan fingerprint density at radius 1 is 1.57 bits per heavy atom. The number of ketones is 1. The van der Waals surface area contributed by atoms with Crippen LogP contribution in [0.4, 0.5) is 0 Å². The average molecular weight is 325 g/mol. The monoisotopic (exact) mass is 324 g/mol. The minimum atomic E-state index is 0.0586. The van der Waals surface area contributed by atoms with Crippen LogP contribution in [0, 0.1) is 3.57 Å². The lowest BCUT2D eigenvalue weighted by Crippen LogP contribution is -2.03. The fraction of sp³-hybridized carbons (Fsp3) is 0.300. The molecule has 1 aromatic carbocycles. The molecule has 0 N–H and O–H groups in total. The maximum absolute atomic E-state index is 11.6. The van der Waals surface area contributed by atoms with Crippen LogP contribution >= 0.6 is 34.2 Å². The highest BCUT2D eigenvalue weighted by atomic mass is 127. The van der Waals surface area contributed by atoms with Crippen LogP contribution in [0.1, 0.15) is 16.8 Å². The number of carbonyl (C=O) groups is 1. The molecular formula is C10H10ClIO2. The summed E-state index contributed by atoms with van der Waals surface area (Å²) in [6, 6.07) is 5.43. The van der Waals surface area contributed by atoms with Crippen molar-refractivity contribution < 1.29 is 9.53 Å². The number of alkyl halides is 1. The first-order valence-corrected chi connectivity index (χ1v) is 5.73. The Balaban J connectivity index is 3.03. The van der Waals surface area contributed by atoms with E-state index in [0.29, 0.717) is 17.9 Å². The molecule has 0 aliphatic carbocycles. The summed E-state index contributed by atoms with van der Waals surface area (Å²) >= 11 is 7.62. The molecule has 0 aliphatic heterocycles. The fourth-order valence-electron chi connectivity index (χ4n) is 1.10. The zero-order valence-electron chi connectivity index (χ0n) is 7.72. The second kappa shape index (κ2) is 5.56. The highest BCUT2D eigenvalue weighted by Crippen LogP contribution is 2.24. The molecule has 0 spiro atoms. The van der Waals surface area contributed by atoms with E-state index in [0.717, 1.165) is 9.32 Å². The van der Waals surface area contributed by atoms with Crippen molar-refractivity contribution in [3.63, 3.8) is 0 Å². The minimum absolute atomic E-state index is 0.0586. The Morgan fingerprint density at radius 3 is 2.86 bits per heavy atom. The molecule has 2 nitrogen and oxygen atoms in total. The van der Waals surface area contributed by atoms with Crippen molar-refractivity contribution in [2.45, 2.75) is 6.42 Å². The van der Waals surface area contributed by atoms with Gasteiger partial charge in [-0.3, -0.25) is 4.79 Å². The molecule has 0 aromatic heterocycles. The normalized spacial score (nSPS) is 9.93. The van der Waals surface area contributed by atoms with Crippen molar-refractivity contribution in [2.75, 3.05) is 13.0 Å². The summed E-state index contributed by atoms with van der Waals surface area (Å²) in [5.41, 5.74) is 0.686. The lowest BCUT2D eigenvalue weighted by Gasteiger charge is -2.06. The third-order valence-corrected chi connectivity index (χ3v) is 3.11. The largest absolute Gasteiger partial charge is 0.496 e. The Kier molecular flexibility index (Phi) is 4.68. The lowest BCUT2D eigenvalue weighted by molar-refractivity contribution is 0.0988. The molecular weight excluding hydrogens is 314 g/mol. The van der Waals surface area contributed by atoms with E-state index in [1.165, 1.54) is 0 Å². The van der Waals surface area contributed by atoms with Gasteiger partial charge >= 0.3 is 0 Å². The van der Waals surface area contributed by atoms with Crippen LogP contribution in [0.15, 0.2) is 18.2 Å². The molecule has 0 unspecified atom stereocenters. The number of rotatable bonds is 4. The topological polar surface area (TPSA) is 26.3 Å². The second-order valence-electron chi connectivity index (χ2n) is 2.68. The molecule has 0 bridgehead atoms. The smallest absolute Gasteiger partial charge is 0.165 e. The highest BCUT2D eigenvalue weighted by Gasteiger charge is 2.12. The molecule has 14 heavy (non-hydrogen) atoms. The quantitative estimate of drug-likeness (QED) is 0.483. The van der Waals surface area contributed by atoms with Gasteiger partial charge in [-0.15, -0.1) is 11.6 Å². The molecule has 1 rings (SSSR count). The van der Waals surface area contributed by atoms with Gasteiger partial charge in [-0.2, -0.15) is 0 Å². The molecule has 0 radical (unpaired) electrons. The molecule has 0 aliphatic rings. The van der Waals surface area contributed by atoms with Gasteiger partial charge in [0.2, 0.25) is 0 Å². The molecule has 0 amide bonds. The molecule has 0 atom stereocenters. The van der Waals surface area contributed by atoms with E-state index in [-0.39, 0.29) is 5.78 Å². The van der Waals surface area contributed by atoms with E-state index in [1.807, 2.05) is 12.1 Å². The fourth-order valence-corrected chi connectivity index (χ4v) is 2.16. The Morgan fingerprint density at radius 2 is 2.29 bits per heavy atom. The van der Waals surface area contributed by atoms with E-state index in [1.54, 1.807) is 13.2 Å². The lowest BCUT2D eigenvalue weighted by atomic mass is 10.1. The number of Topliss-reactive ketones (excluding diaryl/α,β-unsaturated/α-hetero) is 1. The molecule has 76 valence electrons. The molecule has 0 saturated heterocycles. The molecule has 4 heteroatoms. The van der Waals surface area contributed by atoms with Crippen LogP contribution < -0.4 is 4.74 Å². The van der Waals surface area contributed by atoms with Crippen LogP contribution in [0.25, 0.3) is 0 Å². The van der Waals surface area contributed by atoms with Gasteiger partial charge in [0.25, 0.3) is 0 Å². The number of halogens is 2. The summed E-state index contributed by atoms with van der Waals surface area (Å²) in [6.07, 6.45) is 0.366. The minimum Gasteiger partial charge on any atom is -0.496 e. The molecule has 0 heterocycles. The molecule has 1 aromatic rings. The van der Waals surface area contributed by atoms with E-state index in [4.69, 9.17) is 16.3 Å². The standard InChI is InChI=1S/C10H10ClIO2/c1-14-9-4-2-3-7(10(9)12)8(13)5-6-11/h2-4H,5-6H2,1H3. The van der Waals surface area contributed by atoms with Gasteiger partial charge in [-0.25, -0.2) is 0 Å². The average Bonchev–Trinajstić information content (AvgIpc) is 2.18. The third kappa shape index (κ3) is 2.60. The van der Waals surface area contributed by atoms with Crippen molar-refractivity contribution in [1.82, 2.24) is 0 Å². The van der Waals surface area contributed by atoms with Gasteiger partial charge in [0.05, 0.1) is 10.7 Å². The maximum Gasteiger partial charge on any atom is 0.165 e. The summed E-state index contributed by atoms with van der Waals surface area (Å²) in [5, 5.41) is 0. The molecule has 0 fully saturated rings. The van der Waals surface area contributed by atoms with Gasteiger partial charge in [0, 0.05) is 17.9 Å². The first-order valence-electron chi connectivity index (χ1n) is 4.12. The predicted molar refractivity (Wildman–Crippen MR) is 65.4 cm³/mol. The van der Waals surface area contributed by atoms with Crippen molar-refractivity contribution in [1.29, 1.82) is 0 Å². The van der Waals surface area contributed by atoms with E-state index in [9.17, 15) is 4.79 Å². The van der Waals surface area contributed by atoms with Crippen molar-refractivity contribution >= 4 is 40.0 Å². The van der Waals surface area contributed by atoms with E-state index in [2.05, 4.69) is 22.6 Å². The van der Waals surface area contributed by atoms with Gasteiger partial charge in [-0.1, -0.05) is 12.1 Å². The zero-order chi connectivity index (χ0) is 10.6. The first kappa shape index (κ1) is 11.8. The van der Waals surface area contributed by atoms with Gasteiger partial charge in [0.15, 0.2) is 5.78 Å². The first-order chi connectivity index (χ1) is 6.70. The number of carbonyl (C=O) groups excluding carboxylic acids is 1. The van der Waals surface area contributed by atoms with Gasteiger partial charge in [-0.05, 0) is 28.7 Å². The number of hydrogen-bond acceptors (Lipinski definition) is 2. The number of methoxy groups -OCH3 is 1. The van der Waals surface area contributed by atoms with Crippen molar-refractivity contribution in [3.8, 4) is 5.75 Å². The van der Waals surface area contributed by atoms with Crippen LogP contribution in [-0.2, 0) is 0 Å². The summed E-state index contributed by atoms with van der Waals surface area (Å²) < 4.78 is 5.97. The Bertz CT molecular complexity index is 339. The zero-order valence-corrected chi connectivity index (χ0v) is 10.6. The second-order valence-corrected chi connectivity index (χ2v) is 4.14. The van der Waals surface area contributed by atoms with Crippen LogP contribution in [0.5, 0.6) is 5.75 Å². The van der Waals surface area contributed by atoms with Crippen molar-refractivity contribution in [2.24, 2.45) is 0 Å². The molecule has 0 saturated carbocycles. The van der Waals surface area contributed by atoms with Gasteiger partial charge < -0.3 is 4.74 Å². The van der Waals surface area contributed by atoms with E-state index >= 15 is 0 Å². The van der Waals surface area contributed by atoms with Crippen molar-refractivity contribution in [3.05, 3.63) is 27.3 Å². The van der Waals surface area contributed by atoms with Crippen LogP contribution in [0.2, 0.25) is 0 Å². The number of ether oxygens (including phenoxy) is 1. The highest BCUT2D eigenvalue weighted by molar-refractivity contribution is 14.1. The summed E-state index contributed by atoms with van der Waals surface area (Å²) in [6.45, 7) is 0. The predicted octanol–water partition coefficient (Wildman–Crippen LogP) is 3.11. The summed E-state index contributed by atoms with van der Waals surface area (Å²) in [4.78, 5) is 11.6. The summed E-state index contributed by atoms with van der Waals surface area (Å²) in [7, 11) is 1.59. The number of benzene rings is 1. The summed E-state index contributed by atoms with van der Waals surface area (Å²) in [5.74, 6) is 1.14.